The molecule has 0 radical (unpaired) electrons. The van der Waals surface area contributed by atoms with E-state index in [9.17, 15) is 0 Å². The number of hydrogen-bond acceptors (Lipinski definition) is 3. The molecule has 146 valence electrons. The molecule has 28 heavy (non-hydrogen) atoms. The number of hydrogen-bond donors (Lipinski definition) is 1. The monoisotopic (exact) mass is 374 g/mol. The molecule has 1 fully saturated rings. The quantitative estimate of drug-likeness (QED) is 0.731. The van der Waals surface area contributed by atoms with Gasteiger partial charge in [-0.3, -0.25) is 4.98 Å². The van der Waals surface area contributed by atoms with Crippen LogP contribution >= 0.6 is 0 Å². The molecule has 3 aromatic rings. The van der Waals surface area contributed by atoms with Crippen LogP contribution < -0.4 is 5.32 Å². The van der Waals surface area contributed by atoms with E-state index < -0.39 is 0 Å². The van der Waals surface area contributed by atoms with Crippen molar-refractivity contribution in [3.8, 4) is 0 Å². The van der Waals surface area contributed by atoms with Gasteiger partial charge in [-0.1, -0.05) is 18.1 Å². The van der Waals surface area contributed by atoms with Gasteiger partial charge in [0.1, 0.15) is 0 Å². The van der Waals surface area contributed by atoms with E-state index in [-0.39, 0.29) is 0 Å². The van der Waals surface area contributed by atoms with Crippen molar-refractivity contribution >= 4 is 10.9 Å². The summed E-state index contributed by atoms with van der Waals surface area (Å²) in [5.74, 6) is 0. The van der Waals surface area contributed by atoms with Crippen molar-refractivity contribution in [1.29, 1.82) is 0 Å². The zero-order chi connectivity index (χ0) is 19.1. The predicted octanol–water partition coefficient (Wildman–Crippen LogP) is 4.06. The van der Waals surface area contributed by atoms with Gasteiger partial charge in [-0.15, -0.1) is 0 Å². The maximum absolute atomic E-state index is 4.27. The Morgan fingerprint density at radius 3 is 2.75 bits per heavy atom. The third-order valence-electron chi connectivity index (χ3n) is 6.64. The summed E-state index contributed by atoms with van der Waals surface area (Å²) >= 11 is 0. The number of benzene rings is 1. The molecule has 1 N–H and O–H groups in total. The molecule has 2 aliphatic rings. The van der Waals surface area contributed by atoms with Crippen LogP contribution in [0.25, 0.3) is 10.9 Å². The van der Waals surface area contributed by atoms with Crippen LogP contribution in [0.15, 0.2) is 42.7 Å². The summed E-state index contributed by atoms with van der Waals surface area (Å²) < 4.78 is 2.64. The van der Waals surface area contributed by atoms with Crippen molar-refractivity contribution in [1.82, 2.24) is 19.8 Å². The fourth-order valence-corrected chi connectivity index (χ4v) is 4.83. The Morgan fingerprint density at radius 2 is 2.00 bits per heavy atom. The highest BCUT2D eigenvalue weighted by Crippen LogP contribution is 2.36. The van der Waals surface area contributed by atoms with Gasteiger partial charge in [0, 0.05) is 61.1 Å². The minimum Gasteiger partial charge on any atom is -0.335 e. The summed E-state index contributed by atoms with van der Waals surface area (Å²) in [6, 6.07) is 12.4. The number of aryl methyl sites for hydroxylation is 1. The second kappa shape index (κ2) is 7.34. The van der Waals surface area contributed by atoms with Crippen molar-refractivity contribution in [2.45, 2.75) is 51.2 Å². The van der Waals surface area contributed by atoms with Gasteiger partial charge >= 0.3 is 0 Å². The second-order valence-corrected chi connectivity index (χ2v) is 8.64. The lowest BCUT2D eigenvalue weighted by Gasteiger charge is -2.32. The van der Waals surface area contributed by atoms with Gasteiger partial charge in [-0.05, 0) is 62.2 Å². The summed E-state index contributed by atoms with van der Waals surface area (Å²) in [5.41, 5.74) is 7.11. The first-order valence-electron chi connectivity index (χ1n) is 10.6. The molecule has 1 saturated carbocycles. The third-order valence-corrected chi connectivity index (χ3v) is 6.64. The highest BCUT2D eigenvalue weighted by atomic mass is 15.1. The summed E-state index contributed by atoms with van der Waals surface area (Å²) in [7, 11) is 2.24. The summed E-state index contributed by atoms with van der Waals surface area (Å²) in [4.78, 5) is 6.71. The number of nitrogens with zero attached hydrogens (tertiary/aromatic N) is 3. The highest BCUT2D eigenvalue weighted by Gasteiger charge is 2.28. The lowest BCUT2D eigenvalue weighted by atomic mass is 9.92. The SMILES string of the molecule is Cc1ccc2c(c1)c1c(n2C(CNC2CCC2)c2ccncc2)CCN(C)C1. The summed E-state index contributed by atoms with van der Waals surface area (Å²) in [6.07, 6.45) is 8.98. The lowest BCUT2D eigenvalue weighted by molar-refractivity contribution is 0.302. The second-order valence-electron chi connectivity index (χ2n) is 8.64. The molecular weight excluding hydrogens is 344 g/mol. The Kier molecular flexibility index (Phi) is 4.69. The van der Waals surface area contributed by atoms with Crippen LogP contribution in [0.1, 0.15) is 47.7 Å². The van der Waals surface area contributed by atoms with Crippen LogP contribution in [0.5, 0.6) is 0 Å². The van der Waals surface area contributed by atoms with Crippen molar-refractivity contribution in [3.05, 3.63) is 65.1 Å². The van der Waals surface area contributed by atoms with E-state index in [1.807, 2.05) is 12.4 Å². The van der Waals surface area contributed by atoms with E-state index >= 15 is 0 Å². The molecule has 5 rings (SSSR count). The van der Waals surface area contributed by atoms with Crippen LogP contribution in [0, 0.1) is 6.92 Å². The van der Waals surface area contributed by atoms with Gasteiger partial charge in [-0.25, -0.2) is 0 Å². The molecule has 1 aliphatic heterocycles. The maximum atomic E-state index is 4.27. The number of fused-ring (bicyclic) bond motifs is 3. The molecule has 1 aromatic carbocycles. The van der Waals surface area contributed by atoms with E-state index in [1.54, 1.807) is 0 Å². The number of rotatable bonds is 5. The van der Waals surface area contributed by atoms with Gasteiger partial charge in [0.05, 0.1) is 6.04 Å². The average Bonchev–Trinajstić information content (AvgIpc) is 2.97. The zero-order valence-electron chi connectivity index (χ0n) is 17.0. The van der Waals surface area contributed by atoms with Crippen LogP contribution in [0.4, 0.5) is 0 Å². The highest BCUT2D eigenvalue weighted by molar-refractivity contribution is 5.87. The Hall–Kier alpha value is -2.17. The van der Waals surface area contributed by atoms with Crippen LogP contribution in [-0.4, -0.2) is 40.6 Å². The molecule has 2 aromatic heterocycles. The standard InChI is InChI=1S/C24H30N4/c1-17-6-7-22-20(14-17)21-16-27(2)13-10-23(21)28(22)24(15-26-19-4-3-5-19)18-8-11-25-12-9-18/h6-9,11-12,14,19,24,26H,3-5,10,13,15-16H2,1-2H3. The summed E-state index contributed by atoms with van der Waals surface area (Å²) in [6.45, 7) is 5.35. The van der Waals surface area contributed by atoms with Crippen LogP contribution in [-0.2, 0) is 13.0 Å². The molecule has 1 aliphatic carbocycles. The van der Waals surface area contributed by atoms with Crippen molar-refractivity contribution < 1.29 is 0 Å². The number of aromatic nitrogens is 2. The molecule has 0 bridgehead atoms. The molecule has 1 unspecified atom stereocenters. The van der Waals surface area contributed by atoms with Crippen molar-refractivity contribution in [2.75, 3.05) is 20.1 Å². The molecule has 1 atom stereocenters. The minimum atomic E-state index is 0.306. The number of pyridine rings is 1. The Bertz CT molecular complexity index is 971. The first kappa shape index (κ1) is 17.9. The van der Waals surface area contributed by atoms with E-state index in [1.165, 1.54) is 52.5 Å². The fraction of sp³-hybridized carbons (Fsp3) is 0.458. The molecule has 0 spiro atoms. The van der Waals surface area contributed by atoms with Crippen molar-refractivity contribution in [2.24, 2.45) is 0 Å². The van der Waals surface area contributed by atoms with E-state index in [4.69, 9.17) is 0 Å². The molecule has 0 saturated heterocycles. The predicted molar refractivity (Wildman–Crippen MR) is 115 cm³/mol. The van der Waals surface area contributed by atoms with E-state index in [2.05, 4.69) is 64.1 Å². The Balaban J connectivity index is 1.65. The Morgan fingerprint density at radius 1 is 1.18 bits per heavy atom. The molecule has 0 amide bonds. The van der Waals surface area contributed by atoms with Gasteiger partial charge in [0.25, 0.3) is 0 Å². The van der Waals surface area contributed by atoms with E-state index in [0.717, 1.165) is 26.1 Å². The fourth-order valence-electron chi connectivity index (χ4n) is 4.83. The van der Waals surface area contributed by atoms with Crippen molar-refractivity contribution in [3.63, 3.8) is 0 Å². The first-order valence-corrected chi connectivity index (χ1v) is 10.6. The zero-order valence-corrected chi connectivity index (χ0v) is 17.0. The van der Waals surface area contributed by atoms with Crippen LogP contribution in [0.2, 0.25) is 0 Å². The molecule has 4 heteroatoms. The molecule has 4 nitrogen and oxygen atoms in total. The van der Waals surface area contributed by atoms with Crippen LogP contribution in [0.3, 0.4) is 0 Å². The van der Waals surface area contributed by atoms with Gasteiger partial charge < -0.3 is 14.8 Å². The average molecular weight is 375 g/mol. The lowest BCUT2D eigenvalue weighted by Crippen LogP contribution is -2.39. The molecule has 3 heterocycles. The smallest absolute Gasteiger partial charge is 0.0714 e. The van der Waals surface area contributed by atoms with Gasteiger partial charge in [0.15, 0.2) is 0 Å². The third kappa shape index (κ3) is 3.15. The first-order chi connectivity index (χ1) is 13.7. The molecular formula is C24H30N4. The largest absolute Gasteiger partial charge is 0.335 e. The maximum Gasteiger partial charge on any atom is 0.0714 e. The van der Waals surface area contributed by atoms with Gasteiger partial charge in [-0.2, -0.15) is 0 Å². The number of nitrogens with one attached hydrogen (secondary N) is 1. The normalized spacial score (nSPS) is 18.8. The van der Waals surface area contributed by atoms with Gasteiger partial charge in [0.2, 0.25) is 0 Å². The topological polar surface area (TPSA) is 33.1 Å². The minimum absolute atomic E-state index is 0.306. The Labute approximate surface area is 167 Å². The number of likely N-dealkylation sites (N-methyl/N-ethyl adjacent to an activating group) is 1. The summed E-state index contributed by atoms with van der Waals surface area (Å²) in [5, 5.41) is 5.28. The van der Waals surface area contributed by atoms with E-state index in [0.29, 0.717) is 12.1 Å².